The van der Waals surface area contributed by atoms with Crippen LogP contribution in [0, 0.1) is 5.82 Å². The summed E-state index contributed by atoms with van der Waals surface area (Å²) in [6.45, 7) is 4.47. The molecule has 11 nitrogen and oxygen atoms in total. The van der Waals surface area contributed by atoms with Gasteiger partial charge >= 0.3 is 6.09 Å². The van der Waals surface area contributed by atoms with Gasteiger partial charge in [0.1, 0.15) is 11.9 Å². The van der Waals surface area contributed by atoms with Crippen LogP contribution in [0.4, 0.5) is 14.9 Å². The maximum absolute atomic E-state index is 15.4. The number of aromatic nitrogens is 1. The smallest absolute Gasteiger partial charge is 0.405 e. The molecule has 2 bridgehead atoms. The summed E-state index contributed by atoms with van der Waals surface area (Å²) in [7, 11) is -3.45. The summed E-state index contributed by atoms with van der Waals surface area (Å²) in [5.41, 5.74) is 1.12. The van der Waals surface area contributed by atoms with Crippen molar-refractivity contribution in [2.24, 2.45) is 0 Å². The van der Waals surface area contributed by atoms with E-state index in [1.165, 1.54) is 33.1 Å². The van der Waals surface area contributed by atoms with E-state index in [9.17, 15) is 27.9 Å². The maximum atomic E-state index is 15.4. The summed E-state index contributed by atoms with van der Waals surface area (Å²) < 4.78 is 44.3. The number of halogens is 2. The van der Waals surface area contributed by atoms with Gasteiger partial charge in [-0.2, -0.15) is 4.31 Å². The third-order valence-corrected chi connectivity index (χ3v) is 11.1. The lowest BCUT2D eigenvalue weighted by molar-refractivity contribution is -0.118. The van der Waals surface area contributed by atoms with Gasteiger partial charge in [-0.3, -0.25) is 9.59 Å². The van der Waals surface area contributed by atoms with E-state index in [2.05, 4.69) is 16.0 Å². The lowest BCUT2D eigenvalue weighted by Gasteiger charge is -2.37. The molecule has 3 heterocycles. The van der Waals surface area contributed by atoms with Crippen LogP contribution in [0.15, 0.2) is 65.6 Å². The lowest BCUT2D eigenvalue weighted by atomic mass is 9.85. The number of nitrogens with one attached hydrogen (secondary N) is 3. The van der Waals surface area contributed by atoms with Crippen LogP contribution in [0.1, 0.15) is 61.8 Å². The average Bonchev–Trinajstić information content (AvgIpc) is 3.13. The highest BCUT2D eigenvalue weighted by molar-refractivity contribution is 7.89. The molecule has 47 heavy (non-hydrogen) atoms. The molecule has 2 aliphatic heterocycles. The summed E-state index contributed by atoms with van der Waals surface area (Å²) in [4.78, 5) is 38.7. The number of carboxylic acid groups (broad SMARTS) is 1. The zero-order chi connectivity index (χ0) is 33.9. The third-order valence-electron chi connectivity index (χ3n) is 8.87. The Kier molecular flexibility index (Phi) is 10.7. The first-order chi connectivity index (χ1) is 22.3. The highest BCUT2D eigenvalue weighted by atomic mass is 35.5. The van der Waals surface area contributed by atoms with E-state index in [1.54, 1.807) is 36.5 Å². The number of sulfonamides is 1. The van der Waals surface area contributed by atoms with Crippen molar-refractivity contribution in [3.8, 4) is 0 Å². The SMILES string of the molecule is CC(C)n1cc([C@H](c2ccc(Cl)cc2)[C@H](NC(=O)O)C(=O)Nc2cccc(F)c2CCC2CNC3CCCS(=O)(=O)N2C3)ccc1=O. The molecule has 252 valence electrons. The second-order valence-corrected chi connectivity index (χ2v) is 14.8. The quantitative estimate of drug-likeness (QED) is 0.248. The fraction of sp³-hybridized carbons (Fsp3) is 0.424. The van der Waals surface area contributed by atoms with Crippen molar-refractivity contribution in [2.45, 2.75) is 69.6 Å². The molecule has 2 amide bonds. The minimum absolute atomic E-state index is 0.0736. The maximum Gasteiger partial charge on any atom is 0.405 e. The van der Waals surface area contributed by atoms with E-state index < -0.39 is 39.8 Å². The summed E-state index contributed by atoms with van der Waals surface area (Å²) in [5, 5.41) is 18.8. The van der Waals surface area contributed by atoms with Gasteiger partial charge in [0.2, 0.25) is 15.9 Å². The molecule has 4 N–H and O–H groups in total. The van der Waals surface area contributed by atoms with Gasteiger partial charge in [-0.25, -0.2) is 17.6 Å². The minimum atomic E-state index is -3.45. The first-order valence-electron chi connectivity index (χ1n) is 15.6. The number of pyridine rings is 1. The highest BCUT2D eigenvalue weighted by Crippen LogP contribution is 2.32. The van der Waals surface area contributed by atoms with Crippen molar-refractivity contribution in [1.29, 1.82) is 0 Å². The highest BCUT2D eigenvalue weighted by Gasteiger charge is 2.38. The van der Waals surface area contributed by atoms with E-state index in [4.69, 9.17) is 11.6 Å². The first-order valence-corrected chi connectivity index (χ1v) is 17.6. The van der Waals surface area contributed by atoms with Crippen molar-refractivity contribution in [1.82, 2.24) is 19.5 Å². The Morgan fingerprint density at radius 2 is 1.83 bits per heavy atom. The number of hydrogen-bond donors (Lipinski definition) is 4. The Morgan fingerprint density at radius 3 is 2.53 bits per heavy atom. The minimum Gasteiger partial charge on any atom is -0.465 e. The number of carbonyl (C=O) groups is 2. The van der Waals surface area contributed by atoms with Crippen LogP contribution < -0.4 is 21.5 Å². The molecule has 2 aromatic carbocycles. The third kappa shape index (κ3) is 8.03. The number of amides is 2. The van der Waals surface area contributed by atoms with Crippen LogP contribution in [0.3, 0.4) is 0 Å². The zero-order valence-electron chi connectivity index (χ0n) is 26.2. The van der Waals surface area contributed by atoms with Gasteiger partial charge in [-0.15, -0.1) is 0 Å². The van der Waals surface area contributed by atoms with Crippen LogP contribution in [0.25, 0.3) is 0 Å². The molecule has 14 heteroatoms. The van der Waals surface area contributed by atoms with Crippen LogP contribution in [-0.4, -0.2) is 71.4 Å². The van der Waals surface area contributed by atoms with Gasteiger partial charge in [0.05, 0.1) is 5.75 Å². The van der Waals surface area contributed by atoms with Crippen molar-refractivity contribution in [2.75, 3.05) is 24.2 Å². The van der Waals surface area contributed by atoms with E-state index in [0.29, 0.717) is 42.1 Å². The van der Waals surface area contributed by atoms with Crippen LogP contribution >= 0.6 is 11.6 Å². The van der Waals surface area contributed by atoms with Gasteiger partial charge in [0.15, 0.2) is 0 Å². The van der Waals surface area contributed by atoms with Gasteiger partial charge < -0.3 is 25.6 Å². The van der Waals surface area contributed by atoms with E-state index >= 15 is 4.39 Å². The Labute approximate surface area is 278 Å². The number of anilines is 1. The molecule has 3 unspecified atom stereocenters. The predicted molar refractivity (Wildman–Crippen MR) is 178 cm³/mol. The van der Waals surface area contributed by atoms with E-state index in [0.717, 1.165) is 6.42 Å². The molecule has 2 saturated heterocycles. The standard InChI is InChI=1S/C33H39ClFN5O6S/c1-20(2)39-18-22(10-15-29(39)41)30(21-8-11-23(34)12-9-21)31(38-33(43)44)32(42)37-28-7-3-6-27(35)26(28)14-13-25-17-36-24-5-4-16-47(45,46)40(25)19-24/h3,6-12,15,18,20,24-25,30-31,36,38H,4-5,13-14,16-17,19H2,1-2H3,(H,37,42)(H,43,44)/t24?,25?,30-,31-/m0/s1. The second-order valence-electron chi connectivity index (χ2n) is 12.3. The fourth-order valence-corrected chi connectivity index (χ4v) is 8.42. The lowest BCUT2D eigenvalue weighted by Crippen LogP contribution is -2.57. The molecule has 1 aromatic heterocycles. The Bertz CT molecular complexity index is 1780. The van der Waals surface area contributed by atoms with Gasteiger partial charge in [-0.05, 0) is 74.9 Å². The van der Waals surface area contributed by atoms with Gasteiger partial charge in [0, 0.05) is 65.7 Å². The normalized spacial score (nSPS) is 21.8. The number of hydrogen-bond acceptors (Lipinski definition) is 6. The summed E-state index contributed by atoms with van der Waals surface area (Å²) in [5.74, 6) is -2.16. The number of carbonyl (C=O) groups excluding carboxylic acids is 1. The van der Waals surface area contributed by atoms with Crippen LogP contribution in [0.5, 0.6) is 0 Å². The Balaban J connectivity index is 1.46. The van der Waals surface area contributed by atoms with Gasteiger partial charge in [0.25, 0.3) is 5.56 Å². The molecule has 0 spiro atoms. The van der Waals surface area contributed by atoms with Crippen molar-refractivity contribution < 1.29 is 27.5 Å². The number of benzene rings is 2. The van der Waals surface area contributed by atoms with Gasteiger partial charge in [-0.1, -0.05) is 35.9 Å². The molecule has 0 aliphatic carbocycles. The monoisotopic (exact) mass is 687 g/mol. The van der Waals surface area contributed by atoms with Crippen molar-refractivity contribution in [3.05, 3.63) is 98.7 Å². The predicted octanol–water partition coefficient (Wildman–Crippen LogP) is 4.33. The number of fused-ring (bicyclic) bond motifs is 2. The molecular weight excluding hydrogens is 649 g/mol. The molecule has 5 atom stereocenters. The molecule has 5 rings (SSSR count). The summed E-state index contributed by atoms with van der Waals surface area (Å²) in [6.07, 6.45) is 1.93. The average molecular weight is 688 g/mol. The van der Waals surface area contributed by atoms with E-state index in [-0.39, 0.29) is 47.1 Å². The largest absolute Gasteiger partial charge is 0.465 e. The molecule has 0 saturated carbocycles. The number of piperazine rings is 1. The number of nitrogens with zero attached hydrogens (tertiary/aromatic N) is 2. The summed E-state index contributed by atoms with van der Waals surface area (Å²) >= 11 is 6.14. The molecule has 3 aromatic rings. The summed E-state index contributed by atoms with van der Waals surface area (Å²) in [6, 6.07) is 11.8. The van der Waals surface area contributed by atoms with E-state index in [1.807, 2.05) is 13.8 Å². The topological polar surface area (TPSA) is 150 Å². The van der Waals surface area contributed by atoms with Crippen LogP contribution in [0.2, 0.25) is 5.02 Å². The molecule has 0 radical (unpaired) electrons. The Morgan fingerprint density at radius 1 is 1.11 bits per heavy atom. The zero-order valence-corrected chi connectivity index (χ0v) is 27.7. The first kappa shape index (κ1) is 34.6. The van der Waals surface area contributed by atoms with Crippen molar-refractivity contribution in [3.63, 3.8) is 0 Å². The molecule has 2 fully saturated rings. The Hall–Kier alpha value is -3.78. The fourth-order valence-electron chi connectivity index (χ4n) is 6.49. The van der Waals surface area contributed by atoms with Crippen LogP contribution in [-0.2, 0) is 21.2 Å². The molecule has 2 aliphatic rings. The number of rotatable bonds is 10. The van der Waals surface area contributed by atoms with Crippen molar-refractivity contribution >= 4 is 39.3 Å². The second kappa shape index (κ2) is 14.5. The molecular formula is C33H39ClFN5O6S.